The van der Waals surface area contributed by atoms with Crippen molar-refractivity contribution in [1.29, 1.82) is 0 Å². The molecular formula is C32H40F3N7O5Si. The molecule has 258 valence electrons. The molecule has 0 spiro atoms. The minimum Gasteiger partial charge on any atom is -0.465 e. The van der Waals surface area contributed by atoms with Crippen molar-refractivity contribution in [2.24, 2.45) is 5.92 Å². The average molecular weight is 688 g/mol. The Morgan fingerprint density at radius 3 is 2.60 bits per heavy atom. The molecule has 1 aromatic carbocycles. The van der Waals surface area contributed by atoms with E-state index in [0.717, 1.165) is 22.1 Å². The van der Waals surface area contributed by atoms with Gasteiger partial charge in [0.1, 0.15) is 17.4 Å². The summed E-state index contributed by atoms with van der Waals surface area (Å²) in [4.78, 5) is 36.5. The van der Waals surface area contributed by atoms with Gasteiger partial charge in [0, 0.05) is 69.7 Å². The second kappa shape index (κ2) is 13.6. The van der Waals surface area contributed by atoms with Crippen LogP contribution >= 0.6 is 0 Å². The fourth-order valence-corrected chi connectivity index (χ4v) is 6.73. The van der Waals surface area contributed by atoms with E-state index in [2.05, 4.69) is 50.4 Å². The van der Waals surface area contributed by atoms with Crippen LogP contribution in [0.5, 0.6) is 0 Å². The molecule has 1 fully saturated rings. The van der Waals surface area contributed by atoms with E-state index >= 15 is 0 Å². The Labute approximate surface area is 276 Å². The third-order valence-electron chi connectivity index (χ3n) is 8.52. The summed E-state index contributed by atoms with van der Waals surface area (Å²) in [5, 5.41) is 19.7. The van der Waals surface area contributed by atoms with Gasteiger partial charge in [-0.1, -0.05) is 36.9 Å². The molecule has 1 unspecified atom stereocenters. The predicted molar refractivity (Wildman–Crippen MR) is 175 cm³/mol. The number of hydrogen-bond acceptors (Lipinski definition) is 8. The molecule has 16 heteroatoms. The van der Waals surface area contributed by atoms with E-state index in [4.69, 9.17) is 9.26 Å². The summed E-state index contributed by atoms with van der Waals surface area (Å²) in [6.07, 6.45) is -4.03. The number of H-pyrrole nitrogens is 1. The van der Waals surface area contributed by atoms with Crippen LogP contribution in [-0.4, -0.2) is 83.0 Å². The zero-order valence-corrected chi connectivity index (χ0v) is 28.7. The van der Waals surface area contributed by atoms with Gasteiger partial charge in [0.25, 0.3) is 0 Å². The molecule has 0 radical (unpaired) electrons. The normalized spacial score (nSPS) is 17.8. The SMILES string of the molecule is CNC(=O)[C@@H]1C[C@H](Nc2ncc(C(F)(F)F)c(-c3c[nH]c4cc(C(OCC[Si](C)(C)C)c5c(C)noc5C)ccc34)n2)CN(C(=O)O)C1. The molecule has 1 saturated heterocycles. The van der Waals surface area contributed by atoms with Crippen molar-refractivity contribution in [3.63, 3.8) is 0 Å². The van der Waals surface area contributed by atoms with Crippen LogP contribution in [0.15, 0.2) is 35.1 Å². The van der Waals surface area contributed by atoms with Gasteiger partial charge in [-0.25, -0.2) is 14.8 Å². The number of fused-ring (bicyclic) bond motifs is 1. The Morgan fingerprint density at radius 1 is 1.23 bits per heavy atom. The number of nitrogens with one attached hydrogen (secondary N) is 3. The number of carbonyl (C=O) groups excluding carboxylic acids is 1. The molecule has 1 aliphatic rings. The number of rotatable bonds is 10. The highest BCUT2D eigenvalue weighted by molar-refractivity contribution is 6.76. The third kappa shape index (κ3) is 7.65. The van der Waals surface area contributed by atoms with Crippen molar-refractivity contribution < 1.29 is 37.1 Å². The van der Waals surface area contributed by atoms with Gasteiger partial charge >= 0.3 is 12.3 Å². The van der Waals surface area contributed by atoms with E-state index in [1.807, 2.05) is 26.0 Å². The van der Waals surface area contributed by atoms with E-state index in [1.54, 1.807) is 6.07 Å². The maximum atomic E-state index is 14.3. The zero-order chi connectivity index (χ0) is 35.0. The highest BCUT2D eigenvalue weighted by Gasteiger charge is 2.38. The molecule has 4 N–H and O–H groups in total. The molecule has 48 heavy (non-hydrogen) atoms. The van der Waals surface area contributed by atoms with Crippen LogP contribution < -0.4 is 10.6 Å². The van der Waals surface area contributed by atoms with E-state index in [9.17, 15) is 27.9 Å². The van der Waals surface area contributed by atoms with Crippen LogP contribution in [0.4, 0.5) is 23.9 Å². The van der Waals surface area contributed by atoms with Crippen molar-refractivity contribution in [3.8, 4) is 11.3 Å². The number of likely N-dealkylation sites (tertiary alicyclic amines) is 1. The highest BCUT2D eigenvalue weighted by Crippen LogP contribution is 2.40. The second-order valence-corrected chi connectivity index (χ2v) is 19.0. The molecule has 0 aliphatic carbocycles. The van der Waals surface area contributed by atoms with Crippen LogP contribution in [0.25, 0.3) is 22.2 Å². The maximum absolute atomic E-state index is 14.3. The largest absolute Gasteiger partial charge is 0.465 e. The van der Waals surface area contributed by atoms with Gasteiger partial charge in [-0.05, 0) is 37.9 Å². The Bertz CT molecular complexity index is 1780. The first-order chi connectivity index (χ1) is 22.6. The number of ether oxygens (including phenoxy) is 1. The second-order valence-electron chi connectivity index (χ2n) is 13.3. The molecule has 0 bridgehead atoms. The van der Waals surface area contributed by atoms with E-state index < -0.39 is 44.0 Å². The molecule has 3 atom stereocenters. The van der Waals surface area contributed by atoms with Gasteiger partial charge in [-0.3, -0.25) is 4.79 Å². The summed E-state index contributed by atoms with van der Waals surface area (Å²) in [6.45, 7) is 11.0. The van der Waals surface area contributed by atoms with Gasteiger partial charge in [0.05, 0.1) is 22.9 Å². The van der Waals surface area contributed by atoms with E-state index in [0.29, 0.717) is 35.2 Å². The topological polar surface area (TPSA) is 158 Å². The number of hydrogen-bond donors (Lipinski definition) is 4. The number of carbonyl (C=O) groups is 2. The van der Waals surface area contributed by atoms with Gasteiger partial charge in [-0.2, -0.15) is 13.2 Å². The Hall–Kier alpha value is -4.44. The summed E-state index contributed by atoms with van der Waals surface area (Å²) >= 11 is 0. The number of aromatic nitrogens is 4. The first-order valence-corrected chi connectivity index (χ1v) is 19.3. The number of anilines is 1. The lowest BCUT2D eigenvalue weighted by Gasteiger charge is -2.35. The van der Waals surface area contributed by atoms with Crippen molar-refractivity contribution in [2.45, 2.75) is 64.3 Å². The fraction of sp³-hybridized carbons (Fsp3) is 0.469. The number of aromatic amines is 1. The minimum atomic E-state index is -4.76. The molecule has 0 saturated carbocycles. The van der Waals surface area contributed by atoms with E-state index in [-0.39, 0.29) is 42.6 Å². The average Bonchev–Trinajstić information content (AvgIpc) is 3.59. The van der Waals surface area contributed by atoms with Crippen molar-refractivity contribution in [3.05, 3.63) is 58.7 Å². The summed E-state index contributed by atoms with van der Waals surface area (Å²) in [5.74, 6) is -0.480. The number of halogens is 3. The highest BCUT2D eigenvalue weighted by atomic mass is 28.3. The number of aryl methyl sites for hydroxylation is 2. The standard InChI is InChI=1S/C32H40F3N7O5Si/c1-17-26(18(2)47-41-17)28(46-9-10-48(4,5)6)19-7-8-22-23(13-37-25(22)12-19)27-24(32(33,34)35)14-38-30(40-27)39-21-11-20(29(43)36-3)15-42(16-21)31(44)45/h7-8,12-14,20-21,28,37H,9-11,15-16H2,1-6H3,(H,36,43)(H,44,45)(H,38,39,40)/t20-,21+,28?/m1/s1. The fourth-order valence-electron chi connectivity index (χ4n) is 6.00. The lowest BCUT2D eigenvalue weighted by atomic mass is 9.93. The molecule has 12 nitrogen and oxygen atoms in total. The number of benzene rings is 1. The maximum Gasteiger partial charge on any atom is 0.419 e. The van der Waals surface area contributed by atoms with Crippen molar-refractivity contribution in [2.75, 3.05) is 32.1 Å². The Balaban J connectivity index is 1.50. The zero-order valence-electron chi connectivity index (χ0n) is 27.7. The van der Waals surface area contributed by atoms with Crippen molar-refractivity contribution >= 4 is 36.9 Å². The lowest BCUT2D eigenvalue weighted by molar-refractivity contribution is -0.137. The van der Waals surface area contributed by atoms with Gasteiger partial charge < -0.3 is 34.9 Å². The van der Waals surface area contributed by atoms with Gasteiger partial charge in [-0.15, -0.1) is 0 Å². The molecule has 3 aromatic heterocycles. The molecular weight excluding hydrogens is 647 g/mol. The number of amides is 2. The Kier molecular flexibility index (Phi) is 9.87. The van der Waals surface area contributed by atoms with Crippen LogP contribution in [0.1, 0.15) is 40.7 Å². The van der Waals surface area contributed by atoms with E-state index in [1.165, 1.54) is 13.2 Å². The van der Waals surface area contributed by atoms with Gasteiger partial charge in [0.2, 0.25) is 11.9 Å². The third-order valence-corrected chi connectivity index (χ3v) is 10.2. The van der Waals surface area contributed by atoms with Crippen LogP contribution in [0, 0.1) is 19.8 Å². The monoisotopic (exact) mass is 687 g/mol. The number of nitrogens with zero attached hydrogens (tertiary/aromatic N) is 4. The quantitative estimate of drug-likeness (QED) is 0.142. The molecule has 1 aliphatic heterocycles. The molecule has 4 aromatic rings. The van der Waals surface area contributed by atoms with Crippen molar-refractivity contribution in [1.82, 2.24) is 30.3 Å². The number of carboxylic acid groups (broad SMARTS) is 1. The summed E-state index contributed by atoms with van der Waals surface area (Å²) < 4.78 is 54.8. The molecule has 4 heterocycles. The van der Waals surface area contributed by atoms with Crippen LogP contribution in [-0.2, 0) is 15.7 Å². The number of alkyl halides is 3. The predicted octanol–water partition coefficient (Wildman–Crippen LogP) is 6.22. The summed E-state index contributed by atoms with van der Waals surface area (Å²) in [7, 11) is 0.0572. The summed E-state index contributed by atoms with van der Waals surface area (Å²) in [6, 6.07) is 5.72. The Morgan fingerprint density at radius 2 is 1.98 bits per heavy atom. The minimum absolute atomic E-state index is 0.00406. The van der Waals surface area contributed by atoms with Crippen LogP contribution in [0.2, 0.25) is 25.7 Å². The first-order valence-electron chi connectivity index (χ1n) is 15.6. The van der Waals surface area contributed by atoms with Gasteiger partial charge in [0.15, 0.2) is 0 Å². The molecule has 2 amide bonds. The first kappa shape index (κ1) is 34.9. The summed E-state index contributed by atoms with van der Waals surface area (Å²) in [5.41, 5.74) is 1.70. The smallest absolute Gasteiger partial charge is 0.419 e. The lowest BCUT2D eigenvalue weighted by Crippen LogP contribution is -2.52. The number of piperidine rings is 1. The van der Waals surface area contributed by atoms with Crippen LogP contribution in [0.3, 0.4) is 0 Å². The molecule has 5 rings (SSSR count).